The fraction of sp³-hybridized carbons (Fsp3) is 0.200. The Hall–Kier alpha value is -2.97. The molecule has 128 valence electrons. The highest BCUT2D eigenvalue weighted by Gasteiger charge is 2.31. The standard InChI is InChI=1S/C15H14F3N3O3/c1-2-24-11-5-3-4-10(7-11)20-14(23)21-12-6-9(15(16,17)18)8-19-13(12)22/h3-8H,2H2,1H3,(H,19,22)(H2,20,21,23). The zero-order valence-electron chi connectivity index (χ0n) is 12.5. The molecular formula is C15H14F3N3O3. The van der Waals surface area contributed by atoms with Crippen molar-refractivity contribution in [3.63, 3.8) is 0 Å². The summed E-state index contributed by atoms with van der Waals surface area (Å²) in [6.07, 6.45) is -4.10. The molecule has 0 fully saturated rings. The third kappa shape index (κ3) is 4.51. The number of rotatable bonds is 4. The smallest absolute Gasteiger partial charge is 0.417 e. The van der Waals surface area contributed by atoms with Crippen LogP contribution < -0.4 is 20.9 Å². The highest BCUT2D eigenvalue weighted by Crippen LogP contribution is 2.29. The molecule has 0 atom stereocenters. The average molecular weight is 341 g/mol. The van der Waals surface area contributed by atoms with Gasteiger partial charge in [-0.15, -0.1) is 0 Å². The minimum absolute atomic E-state index is 0.363. The van der Waals surface area contributed by atoms with Crippen LogP contribution in [0, 0.1) is 0 Å². The van der Waals surface area contributed by atoms with Crippen LogP contribution in [0.25, 0.3) is 0 Å². The lowest BCUT2D eigenvalue weighted by Gasteiger charge is -2.11. The van der Waals surface area contributed by atoms with Gasteiger partial charge in [0.25, 0.3) is 5.56 Å². The molecular weight excluding hydrogens is 327 g/mol. The summed E-state index contributed by atoms with van der Waals surface area (Å²) >= 11 is 0. The molecule has 1 heterocycles. The second-order valence-corrected chi connectivity index (χ2v) is 4.67. The van der Waals surface area contributed by atoms with Crippen LogP contribution in [0.4, 0.5) is 29.3 Å². The normalized spacial score (nSPS) is 11.0. The number of urea groups is 1. The highest BCUT2D eigenvalue weighted by atomic mass is 19.4. The topological polar surface area (TPSA) is 83.2 Å². The molecule has 0 aliphatic carbocycles. The van der Waals surface area contributed by atoms with Gasteiger partial charge in [0.15, 0.2) is 0 Å². The van der Waals surface area contributed by atoms with E-state index in [9.17, 15) is 22.8 Å². The monoisotopic (exact) mass is 341 g/mol. The Morgan fingerprint density at radius 3 is 2.67 bits per heavy atom. The van der Waals surface area contributed by atoms with E-state index in [4.69, 9.17) is 4.74 Å². The Kier molecular flexibility index (Phi) is 5.12. The molecule has 0 bridgehead atoms. The van der Waals surface area contributed by atoms with Crippen LogP contribution in [0.5, 0.6) is 5.75 Å². The summed E-state index contributed by atoms with van der Waals surface area (Å²) in [5.41, 5.74) is -2.07. The quantitative estimate of drug-likeness (QED) is 0.797. The molecule has 0 aliphatic heterocycles. The maximum atomic E-state index is 12.6. The van der Waals surface area contributed by atoms with Gasteiger partial charge >= 0.3 is 12.2 Å². The second kappa shape index (κ2) is 7.07. The summed E-state index contributed by atoms with van der Waals surface area (Å²) in [7, 11) is 0. The largest absolute Gasteiger partial charge is 0.494 e. The third-order valence-corrected chi connectivity index (χ3v) is 2.88. The van der Waals surface area contributed by atoms with Crippen molar-refractivity contribution >= 4 is 17.4 Å². The van der Waals surface area contributed by atoms with Gasteiger partial charge in [-0.2, -0.15) is 13.2 Å². The van der Waals surface area contributed by atoms with E-state index >= 15 is 0 Å². The maximum Gasteiger partial charge on any atom is 0.417 e. The molecule has 6 nitrogen and oxygen atoms in total. The van der Waals surface area contributed by atoms with Crippen LogP contribution in [0.3, 0.4) is 0 Å². The van der Waals surface area contributed by atoms with E-state index in [0.29, 0.717) is 30.3 Å². The number of hydrogen-bond donors (Lipinski definition) is 3. The number of H-pyrrole nitrogens is 1. The lowest BCUT2D eigenvalue weighted by atomic mass is 10.2. The summed E-state index contributed by atoms with van der Waals surface area (Å²) in [5, 5.41) is 4.50. The lowest BCUT2D eigenvalue weighted by molar-refractivity contribution is -0.137. The number of anilines is 2. The number of hydrogen-bond acceptors (Lipinski definition) is 3. The van der Waals surface area contributed by atoms with E-state index in [2.05, 4.69) is 10.6 Å². The van der Waals surface area contributed by atoms with E-state index in [1.54, 1.807) is 31.2 Å². The van der Waals surface area contributed by atoms with Gasteiger partial charge in [0.1, 0.15) is 11.4 Å². The van der Waals surface area contributed by atoms with Crippen LogP contribution in [-0.4, -0.2) is 17.6 Å². The number of aromatic nitrogens is 1. The van der Waals surface area contributed by atoms with Gasteiger partial charge in [-0.3, -0.25) is 4.79 Å². The zero-order chi connectivity index (χ0) is 17.7. The molecule has 0 unspecified atom stereocenters. The van der Waals surface area contributed by atoms with Crippen molar-refractivity contribution in [2.45, 2.75) is 13.1 Å². The number of pyridine rings is 1. The number of carbonyl (C=O) groups is 1. The number of carbonyl (C=O) groups excluding carboxylic acids is 1. The summed E-state index contributed by atoms with van der Waals surface area (Å²) in [4.78, 5) is 25.3. The van der Waals surface area contributed by atoms with Crippen molar-refractivity contribution in [2.75, 3.05) is 17.2 Å². The van der Waals surface area contributed by atoms with Crippen LogP contribution in [0.15, 0.2) is 41.3 Å². The Bertz CT molecular complexity index is 787. The van der Waals surface area contributed by atoms with Gasteiger partial charge in [-0.1, -0.05) is 6.07 Å². The molecule has 0 spiro atoms. The first kappa shape index (κ1) is 17.4. The number of ether oxygens (including phenoxy) is 1. The van der Waals surface area contributed by atoms with E-state index in [0.717, 1.165) is 0 Å². The number of nitrogens with one attached hydrogen (secondary N) is 3. The third-order valence-electron chi connectivity index (χ3n) is 2.88. The van der Waals surface area contributed by atoms with Gasteiger partial charge < -0.3 is 20.4 Å². The Balaban J connectivity index is 2.12. The molecule has 0 saturated carbocycles. The van der Waals surface area contributed by atoms with Crippen LogP contribution >= 0.6 is 0 Å². The molecule has 9 heteroatoms. The van der Waals surface area contributed by atoms with Crippen LogP contribution in [0.1, 0.15) is 12.5 Å². The van der Waals surface area contributed by atoms with Crippen LogP contribution in [0.2, 0.25) is 0 Å². The fourth-order valence-electron chi connectivity index (χ4n) is 1.86. The molecule has 0 aliphatic rings. The predicted molar refractivity (Wildman–Crippen MR) is 82.3 cm³/mol. The SMILES string of the molecule is CCOc1cccc(NC(=O)Nc2cc(C(F)(F)F)c[nH]c2=O)c1. The second-order valence-electron chi connectivity index (χ2n) is 4.67. The maximum absolute atomic E-state index is 12.6. The Morgan fingerprint density at radius 1 is 1.25 bits per heavy atom. The summed E-state index contributed by atoms with van der Waals surface area (Å²) < 4.78 is 43.2. The number of benzene rings is 1. The highest BCUT2D eigenvalue weighted by molar-refractivity contribution is 5.99. The molecule has 1 aromatic heterocycles. The molecule has 1 aromatic carbocycles. The van der Waals surface area contributed by atoms with E-state index in [-0.39, 0.29) is 0 Å². The molecule has 0 radical (unpaired) electrons. The van der Waals surface area contributed by atoms with Gasteiger partial charge in [-0.25, -0.2) is 4.79 Å². The Labute approximate surface area is 134 Å². The first-order valence-corrected chi connectivity index (χ1v) is 6.90. The Morgan fingerprint density at radius 2 is 2.00 bits per heavy atom. The van der Waals surface area contributed by atoms with Crippen LogP contribution in [-0.2, 0) is 6.18 Å². The van der Waals surface area contributed by atoms with Gasteiger partial charge in [0, 0.05) is 18.0 Å². The van der Waals surface area contributed by atoms with Crippen molar-refractivity contribution in [3.05, 3.63) is 52.4 Å². The summed E-state index contributed by atoms with van der Waals surface area (Å²) in [6, 6.07) is 6.14. The number of alkyl halides is 3. The van der Waals surface area contributed by atoms with Gasteiger partial charge in [0.05, 0.1) is 12.2 Å². The lowest BCUT2D eigenvalue weighted by Crippen LogP contribution is -2.25. The first-order valence-electron chi connectivity index (χ1n) is 6.90. The molecule has 24 heavy (non-hydrogen) atoms. The predicted octanol–water partition coefficient (Wildman–Crippen LogP) is 3.44. The van der Waals surface area contributed by atoms with Gasteiger partial charge in [-0.05, 0) is 25.1 Å². The van der Waals surface area contributed by atoms with E-state index < -0.39 is 29.0 Å². The fourth-order valence-corrected chi connectivity index (χ4v) is 1.86. The first-order chi connectivity index (χ1) is 11.3. The molecule has 2 aromatic rings. The zero-order valence-corrected chi connectivity index (χ0v) is 12.5. The number of aromatic amines is 1. The molecule has 3 N–H and O–H groups in total. The van der Waals surface area contributed by atoms with Crippen molar-refractivity contribution in [3.8, 4) is 5.75 Å². The van der Waals surface area contributed by atoms with Crippen molar-refractivity contribution in [1.82, 2.24) is 4.98 Å². The van der Waals surface area contributed by atoms with Crippen molar-refractivity contribution in [1.29, 1.82) is 0 Å². The molecule has 0 saturated heterocycles. The minimum atomic E-state index is -4.64. The number of halogens is 3. The molecule has 2 rings (SSSR count). The van der Waals surface area contributed by atoms with E-state index in [1.165, 1.54) is 0 Å². The minimum Gasteiger partial charge on any atom is -0.494 e. The average Bonchev–Trinajstić information content (AvgIpc) is 2.49. The molecule has 2 amide bonds. The van der Waals surface area contributed by atoms with E-state index in [1.807, 2.05) is 4.98 Å². The van der Waals surface area contributed by atoms with Crippen molar-refractivity contribution in [2.24, 2.45) is 0 Å². The summed E-state index contributed by atoms with van der Waals surface area (Å²) in [6.45, 7) is 2.24. The van der Waals surface area contributed by atoms with Gasteiger partial charge in [0.2, 0.25) is 0 Å². The van der Waals surface area contributed by atoms with Crippen molar-refractivity contribution < 1.29 is 22.7 Å². The number of amides is 2. The summed E-state index contributed by atoms with van der Waals surface area (Å²) in [5.74, 6) is 0.521.